The number of tetrazole rings is 1. The van der Waals surface area contributed by atoms with Gasteiger partial charge < -0.3 is 4.90 Å². The smallest absolute Gasteiger partial charge is 0.252 e. The number of nitrogens with zero attached hydrogens (tertiary/aromatic N) is 6. The fourth-order valence-corrected chi connectivity index (χ4v) is 3.28. The molecule has 1 fully saturated rings. The Bertz CT molecular complexity index is 834. The molecule has 2 amide bonds. The lowest BCUT2D eigenvalue weighted by atomic mass is 10.1. The molecule has 0 aliphatic carbocycles. The summed E-state index contributed by atoms with van der Waals surface area (Å²) in [6.45, 7) is 0.980. The summed E-state index contributed by atoms with van der Waals surface area (Å²) in [5, 5.41) is 11.2. The Balaban J connectivity index is 1.58. The van der Waals surface area contributed by atoms with Gasteiger partial charge in [-0.15, -0.1) is 0 Å². The zero-order valence-corrected chi connectivity index (χ0v) is 13.1. The summed E-state index contributed by atoms with van der Waals surface area (Å²) in [6, 6.07) is 3.39. The van der Waals surface area contributed by atoms with Crippen molar-refractivity contribution in [1.82, 2.24) is 20.2 Å². The molecule has 25 heavy (non-hydrogen) atoms. The molecule has 4 rings (SSSR count). The fourth-order valence-electron chi connectivity index (χ4n) is 3.28. The monoisotopic (exact) mass is 348 g/mol. The van der Waals surface area contributed by atoms with Gasteiger partial charge in [0.05, 0.1) is 5.92 Å². The first kappa shape index (κ1) is 15.6. The summed E-state index contributed by atoms with van der Waals surface area (Å²) in [6.07, 6.45) is 0.584. The van der Waals surface area contributed by atoms with E-state index in [0.717, 1.165) is 17.0 Å². The Morgan fingerprint density at radius 3 is 2.72 bits per heavy atom. The molecule has 8 nitrogen and oxygen atoms in total. The SMILES string of the molecule is O=C1C[C@H](C(=O)N2CCCn3nnnc32)CN1c1c(F)cccc1F. The van der Waals surface area contributed by atoms with Crippen molar-refractivity contribution in [3.8, 4) is 0 Å². The third kappa shape index (κ3) is 2.53. The van der Waals surface area contributed by atoms with E-state index >= 15 is 0 Å². The van der Waals surface area contributed by atoms with E-state index in [-0.39, 0.29) is 18.9 Å². The summed E-state index contributed by atoms with van der Waals surface area (Å²) in [5.41, 5.74) is -0.411. The number of fused-ring (bicyclic) bond motifs is 1. The molecule has 1 saturated heterocycles. The van der Waals surface area contributed by atoms with Crippen molar-refractivity contribution in [2.45, 2.75) is 19.4 Å². The lowest BCUT2D eigenvalue weighted by Gasteiger charge is -2.27. The summed E-state index contributed by atoms with van der Waals surface area (Å²) in [7, 11) is 0. The van der Waals surface area contributed by atoms with Crippen molar-refractivity contribution >= 4 is 23.5 Å². The zero-order chi connectivity index (χ0) is 17.6. The van der Waals surface area contributed by atoms with Crippen molar-refractivity contribution in [1.29, 1.82) is 0 Å². The molecule has 0 bridgehead atoms. The highest BCUT2D eigenvalue weighted by Crippen LogP contribution is 2.31. The maximum atomic E-state index is 14.0. The van der Waals surface area contributed by atoms with Crippen LogP contribution in [0.5, 0.6) is 0 Å². The summed E-state index contributed by atoms with van der Waals surface area (Å²) < 4.78 is 29.4. The van der Waals surface area contributed by atoms with Crippen LogP contribution >= 0.6 is 0 Å². The molecule has 1 aromatic carbocycles. The van der Waals surface area contributed by atoms with E-state index in [1.165, 1.54) is 15.6 Å². The van der Waals surface area contributed by atoms with Crippen LogP contribution in [0.2, 0.25) is 0 Å². The molecule has 0 unspecified atom stereocenters. The van der Waals surface area contributed by atoms with Crippen LogP contribution in [0.15, 0.2) is 18.2 Å². The van der Waals surface area contributed by atoms with Crippen LogP contribution in [0.3, 0.4) is 0 Å². The van der Waals surface area contributed by atoms with Gasteiger partial charge in [0, 0.05) is 26.1 Å². The number of aryl methyl sites for hydroxylation is 1. The van der Waals surface area contributed by atoms with E-state index in [0.29, 0.717) is 25.5 Å². The summed E-state index contributed by atoms with van der Waals surface area (Å²) >= 11 is 0. The van der Waals surface area contributed by atoms with E-state index in [1.54, 1.807) is 0 Å². The number of para-hydroxylation sites is 1. The van der Waals surface area contributed by atoms with Crippen LogP contribution in [0.4, 0.5) is 20.4 Å². The van der Waals surface area contributed by atoms with Crippen LogP contribution in [0, 0.1) is 17.6 Å². The van der Waals surface area contributed by atoms with Gasteiger partial charge in [-0.1, -0.05) is 11.2 Å². The van der Waals surface area contributed by atoms with Crippen LogP contribution in [-0.4, -0.2) is 45.1 Å². The average molecular weight is 348 g/mol. The average Bonchev–Trinajstić information content (AvgIpc) is 3.21. The third-order valence-electron chi connectivity index (χ3n) is 4.45. The Kier molecular flexibility index (Phi) is 3.66. The first-order valence-electron chi connectivity index (χ1n) is 7.88. The predicted octanol–water partition coefficient (Wildman–Crippen LogP) is 0.741. The molecule has 0 radical (unpaired) electrons. The van der Waals surface area contributed by atoms with Crippen LogP contribution in [-0.2, 0) is 16.1 Å². The molecule has 1 atom stereocenters. The number of hydrogen-bond donors (Lipinski definition) is 0. The maximum absolute atomic E-state index is 14.0. The Morgan fingerprint density at radius 2 is 1.96 bits per heavy atom. The Hall–Kier alpha value is -2.91. The van der Waals surface area contributed by atoms with Gasteiger partial charge in [0.25, 0.3) is 5.95 Å². The zero-order valence-electron chi connectivity index (χ0n) is 13.1. The first-order valence-corrected chi connectivity index (χ1v) is 7.88. The molecule has 0 N–H and O–H groups in total. The molecule has 0 saturated carbocycles. The van der Waals surface area contributed by atoms with E-state index in [1.807, 2.05) is 0 Å². The highest BCUT2D eigenvalue weighted by molar-refractivity contribution is 6.04. The van der Waals surface area contributed by atoms with Gasteiger partial charge in [0.1, 0.15) is 17.3 Å². The van der Waals surface area contributed by atoms with Gasteiger partial charge in [-0.05, 0) is 29.0 Å². The van der Waals surface area contributed by atoms with E-state index in [4.69, 9.17) is 0 Å². The molecule has 130 valence electrons. The van der Waals surface area contributed by atoms with E-state index in [9.17, 15) is 18.4 Å². The molecule has 2 aromatic rings. The second kappa shape index (κ2) is 5.87. The molecule has 3 heterocycles. The predicted molar refractivity (Wildman–Crippen MR) is 81.6 cm³/mol. The number of anilines is 2. The highest BCUT2D eigenvalue weighted by atomic mass is 19.1. The van der Waals surface area contributed by atoms with E-state index in [2.05, 4.69) is 15.5 Å². The van der Waals surface area contributed by atoms with E-state index < -0.39 is 29.1 Å². The number of amides is 2. The number of benzene rings is 1. The topological polar surface area (TPSA) is 84.2 Å². The number of rotatable bonds is 2. The minimum atomic E-state index is -0.830. The second-order valence-corrected chi connectivity index (χ2v) is 6.02. The number of carbonyl (C=O) groups is 2. The van der Waals surface area contributed by atoms with Crippen molar-refractivity contribution in [2.24, 2.45) is 5.92 Å². The minimum Gasteiger partial charge on any atom is -0.306 e. The van der Waals surface area contributed by atoms with Gasteiger partial charge in [-0.2, -0.15) is 0 Å². The lowest BCUT2D eigenvalue weighted by Crippen LogP contribution is -2.42. The minimum absolute atomic E-state index is 0.0758. The van der Waals surface area contributed by atoms with Crippen molar-refractivity contribution in [3.63, 3.8) is 0 Å². The maximum Gasteiger partial charge on any atom is 0.252 e. The van der Waals surface area contributed by atoms with Gasteiger partial charge in [-0.25, -0.2) is 13.5 Å². The van der Waals surface area contributed by atoms with Gasteiger partial charge in [-0.3, -0.25) is 14.5 Å². The summed E-state index contributed by atoms with van der Waals surface area (Å²) in [5.74, 6) is -2.83. The Labute approximate surface area is 141 Å². The van der Waals surface area contributed by atoms with Crippen LogP contribution in [0.25, 0.3) is 0 Å². The molecule has 2 aliphatic rings. The number of hydrogen-bond acceptors (Lipinski definition) is 5. The number of aromatic nitrogens is 4. The molecule has 0 spiro atoms. The lowest BCUT2D eigenvalue weighted by molar-refractivity contribution is -0.124. The molecule has 10 heteroatoms. The largest absolute Gasteiger partial charge is 0.306 e. The first-order chi connectivity index (χ1) is 12.1. The summed E-state index contributed by atoms with van der Waals surface area (Å²) in [4.78, 5) is 27.5. The molecular formula is C15H14F2N6O2. The quantitative estimate of drug-likeness (QED) is 0.799. The van der Waals surface area contributed by atoms with Crippen LogP contribution in [0.1, 0.15) is 12.8 Å². The van der Waals surface area contributed by atoms with Gasteiger partial charge in [0.2, 0.25) is 11.8 Å². The van der Waals surface area contributed by atoms with Crippen LogP contribution < -0.4 is 9.80 Å². The van der Waals surface area contributed by atoms with Gasteiger partial charge in [0.15, 0.2) is 0 Å². The van der Waals surface area contributed by atoms with Gasteiger partial charge >= 0.3 is 0 Å². The highest BCUT2D eigenvalue weighted by Gasteiger charge is 2.40. The fraction of sp³-hybridized carbons (Fsp3) is 0.400. The van der Waals surface area contributed by atoms with Crippen molar-refractivity contribution in [2.75, 3.05) is 22.9 Å². The van der Waals surface area contributed by atoms with Crippen molar-refractivity contribution < 1.29 is 18.4 Å². The number of carbonyl (C=O) groups excluding carboxylic acids is 2. The normalized spacial score (nSPS) is 20.1. The third-order valence-corrected chi connectivity index (χ3v) is 4.45. The second-order valence-electron chi connectivity index (χ2n) is 6.02. The molecular weight excluding hydrogens is 334 g/mol. The Morgan fingerprint density at radius 1 is 1.20 bits per heavy atom. The standard InChI is InChI=1S/C15H14F2N6O2/c16-10-3-1-4-11(17)13(10)22-8-9(7-12(22)24)14(25)21-5-2-6-23-15(21)18-19-20-23/h1,3-4,9H,2,5-8H2/t9-/m0/s1. The molecule has 2 aliphatic heterocycles. The molecule has 1 aromatic heterocycles. The van der Waals surface area contributed by atoms with Crippen molar-refractivity contribution in [3.05, 3.63) is 29.8 Å². The number of halogens is 2.